The number of aliphatic hydroxyl groups is 1. The summed E-state index contributed by atoms with van der Waals surface area (Å²) in [4.78, 5) is 15.9. The van der Waals surface area contributed by atoms with Crippen LogP contribution in [0.15, 0.2) is 54.6 Å². The Morgan fingerprint density at radius 3 is 2.37 bits per heavy atom. The van der Waals surface area contributed by atoms with Crippen LogP contribution in [0, 0.1) is 5.41 Å². The van der Waals surface area contributed by atoms with Gasteiger partial charge in [0, 0.05) is 12.6 Å². The fourth-order valence-corrected chi connectivity index (χ4v) is 5.90. The molecular weight excluding hydrogens is 453 g/mol. The third kappa shape index (κ3) is 5.56. The molecule has 4 nitrogen and oxygen atoms in total. The molecule has 0 aromatic heterocycles. The summed E-state index contributed by atoms with van der Waals surface area (Å²) in [7, 11) is 0. The summed E-state index contributed by atoms with van der Waals surface area (Å²) in [6.45, 7) is 5.24. The fraction of sp³-hybridized carbons (Fsp3) is 0.536. The fourth-order valence-electron chi connectivity index (χ4n) is 5.90. The first-order valence-electron chi connectivity index (χ1n) is 12.5. The van der Waals surface area contributed by atoms with Crippen LogP contribution in [0.25, 0.3) is 0 Å². The Morgan fingerprint density at radius 1 is 1.06 bits per heavy atom. The number of rotatable bonds is 6. The van der Waals surface area contributed by atoms with Crippen molar-refractivity contribution >= 4 is 5.91 Å². The van der Waals surface area contributed by atoms with Crippen LogP contribution in [0.4, 0.5) is 13.2 Å². The van der Waals surface area contributed by atoms with Gasteiger partial charge in [-0.2, -0.15) is 13.2 Å². The summed E-state index contributed by atoms with van der Waals surface area (Å²) in [5.41, 5.74) is -1.20. The van der Waals surface area contributed by atoms with Crippen LogP contribution >= 0.6 is 0 Å². The first kappa shape index (κ1) is 25.7. The van der Waals surface area contributed by atoms with Gasteiger partial charge in [0.2, 0.25) is 5.91 Å². The van der Waals surface area contributed by atoms with Gasteiger partial charge >= 0.3 is 6.18 Å². The van der Waals surface area contributed by atoms with E-state index in [1.165, 1.54) is 11.6 Å². The van der Waals surface area contributed by atoms with Crippen molar-refractivity contribution in [3.8, 4) is 0 Å². The molecule has 0 spiro atoms. The molecular formula is C28H35F3N2O2. The summed E-state index contributed by atoms with van der Waals surface area (Å²) in [5.74, 6) is 0.257. The number of likely N-dealkylation sites (tertiary alicyclic amines) is 1. The number of amides is 1. The Hall–Kier alpha value is -2.38. The molecule has 190 valence electrons. The minimum atomic E-state index is -4.43. The summed E-state index contributed by atoms with van der Waals surface area (Å²) < 4.78 is 39.1. The van der Waals surface area contributed by atoms with Gasteiger partial charge in [-0.05, 0) is 88.2 Å². The lowest BCUT2D eigenvalue weighted by Gasteiger charge is -2.41. The highest BCUT2D eigenvalue weighted by atomic mass is 19.4. The number of carbonyl (C=O) groups excluding carboxylic acids is 1. The third-order valence-electron chi connectivity index (χ3n) is 8.12. The molecule has 2 N–H and O–H groups in total. The van der Waals surface area contributed by atoms with Gasteiger partial charge < -0.3 is 15.3 Å². The van der Waals surface area contributed by atoms with Crippen LogP contribution in [0.5, 0.6) is 0 Å². The third-order valence-corrected chi connectivity index (χ3v) is 8.12. The van der Waals surface area contributed by atoms with E-state index in [0.717, 1.165) is 44.5 Å². The lowest BCUT2D eigenvalue weighted by Crippen LogP contribution is -2.53. The number of hydrogen-bond acceptors (Lipinski definition) is 3. The lowest BCUT2D eigenvalue weighted by atomic mass is 9.71. The molecule has 4 rings (SSSR count). The summed E-state index contributed by atoms with van der Waals surface area (Å²) in [6, 6.07) is 15.8. The Bertz CT molecular complexity index is 1010. The van der Waals surface area contributed by atoms with Gasteiger partial charge in [-0.1, -0.05) is 42.5 Å². The lowest BCUT2D eigenvalue weighted by molar-refractivity contribution is -0.147. The smallest absolute Gasteiger partial charge is 0.389 e. The molecule has 0 bridgehead atoms. The molecule has 2 atom stereocenters. The van der Waals surface area contributed by atoms with Crippen LogP contribution in [0.2, 0.25) is 0 Å². The number of nitrogens with zero attached hydrogens (tertiary/aromatic N) is 1. The molecule has 35 heavy (non-hydrogen) atoms. The van der Waals surface area contributed by atoms with E-state index in [1.54, 1.807) is 19.9 Å². The molecule has 1 aliphatic heterocycles. The highest BCUT2D eigenvalue weighted by molar-refractivity contribution is 5.84. The molecule has 1 amide bonds. The largest absolute Gasteiger partial charge is 0.416 e. The maximum absolute atomic E-state index is 13.4. The van der Waals surface area contributed by atoms with Crippen molar-refractivity contribution in [2.45, 2.75) is 76.2 Å². The van der Waals surface area contributed by atoms with E-state index in [1.807, 2.05) is 6.07 Å². The van der Waals surface area contributed by atoms with E-state index >= 15 is 0 Å². The number of piperidine rings is 1. The number of benzene rings is 2. The van der Waals surface area contributed by atoms with Gasteiger partial charge in [0.15, 0.2) is 0 Å². The van der Waals surface area contributed by atoms with E-state index < -0.39 is 22.8 Å². The van der Waals surface area contributed by atoms with Crippen molar-refractivity contribution in [2.75, 3.05) is 13.1 Å². The molecule has 1 saturated carbocycles. The number of halogens is 3. The molecule has 7 heteroatoms. The van der Waals surface area contributed by atoms with Crippen LogP contribution in [-0.2, 0) is 17.5 Å². The molecule has 1 saturated heterocycles. The van der Waals surface area contributed by atoms with E-state index in [0.29, 0.717) is 24.3 Å². The zero-order chi connectivity index (χ0) is 25.3. The van der Waals surface area contributed by atoms with Gasteiger partial charge in [-0.25, -0.2) is 0 Å². The van der Waals surface area contributed by atoms with Crippen molar-refractivity contribution in [2.24, 2.45) is 5.41 Å². The minimum Gasteiger partial charge on any atom is -0.389 e. The normalized spacial score (nSPS) is 24.5. The van der Waals surface area contributed by atoms with Crippen molar-refractivity contribution in [1.29, 1.82) is 0 Å². The molecule has 0 radical (unpaired) electrons. The topological polar surface area (TPSA) is 52.6 Å². The van der Waals surface area contributed by atoms with Crippen LogP contribution in [-0.4, -0.2) is 40.6 Å². The van der Waals surface area contributed by atoms with Crippen LogP contribution < -0.4 is 5.32 Å². The van der Waals surface area contributed by atoms with E-state index in [9.17, 15) is 23.1 Å². The first-order chi connectivity index (χ1) is 16.5. The number of nitrogens with one attached hydrogen (secondary N) is 1. The summed E-state index contributed by atoms with van der Waals surface area (Å²) >= 11 is 0. The Labute approximate surface area is 205 Å². The summed E-state index contributed by atoms with van der Waals surface area (Å²) in [6.07, 6.45) is -0.386. The molecule has 1 aliphatic carbocycles. The van der Waals surface area contributed by atoms with Gasteiger partial charge in [-0.3, -0.25) is 4.79 Å². The summed E-state index contributed by atoms with van der Waals surface area (Å²) in [5, 5.41) is 13.9. The molecule has 1 unspecified atom stereocenters. The monoisotopic (exact) mass is 488 g/mol. The average molecular weight is 489 g/mol. The van der Waals surface area contributed by atoms with Crippen molar-refractivity contribution in [3.05, 3.63) is 71.3 Å². The maximum atomic E-state index is 13.4. The predicted molar refractivity (Wildman–Crippen MR) is 130 cm³/mol. The molecule has 2 aromatic carbocycles. The van der Waals surface area contributed by atoms with Gasteiger partial charge in [0.25, 0.3) is 0 Å². The second-order valence-electron chi connectivity index (χ2n) is 10.6. The van der Waals surface area contributed by atoms with Crippen molar-refractivity contribution in [3.63, 3.8) is 0 Å². The van der Waals surface area contributed by atoms with Crippen LogP contribution in [0.3, 0.4) is 0 Å². The highest BCUT2D eigenvalue weighted by Crippen LogP contribution is 2.49. The Morgan fingerprint density at radius 2 is 1.74 bits per heavy atom. The maximum Gasteiger partial charge on any atom is 0.416 e. The predicted octanol–water partition coefficient (Wildman–Crippen LogP) is 5.51. The first-order valence-corrected chi connectivity index (χ1v) is 12.5. The quantitative estimate of drug-likeness (QED) is 0.564. The Kier molecular flexibility index (Phi) is 7.30. The molecule has 2 aliphatic rings. The number of alkyl halides is 3. The molecule has 2 aromatic rings. The molecule has 1 heterocycles. The van der Waals surface area contributed by atoms with E-state index in [4.69, 9.17) is 0 Å². The average Bonchev–Trinajstić information content (AvgIpc) is 3.30. The highest BCUT2D eigenvalue weighted by Gasteiger charge is 2.55. The van der Waals surface area contributed by atoms with Gasteiger partial charge in [0.1, 0.15) is 0 Å². The zero-order valence-electron chi connectivity index (χ0n) is 20.4. The minimum absolute atomic E-state index is 0.00623. The van der Waals surface area contributed by atoms with Gasteiger partial charge in [-0.15, -0.1) is 0 Å². The number of hydrogen-bond donors (Lipinski definition) is 2. The number of carbonyl (C=O) groups is 1. The molecule has 2 fully saturated rings. The van der Waals surface area contributed by atoms with E-state index in [2.05, 4.69) is 34.5 Å². The van der Waals surface area contributed by atoms with Gasteiger partial charge in [0.05, 0.1) is 16.6 Å². The second-order valence-corrected chi connectivity index (χ2v) is 10.6. The SMILES string of the molecule is CC(C)(O)[C@]1(C(=O)NCc2cccc(C(F)(F)F)c2)CCC(N2CCC(c3ccccc3)CC2)C1. The van der Waals surface area contributed by atoms with Crippen LogP contribution in [0.1, 0.15) is 68.6 Å². The second kappa shape index (κ2) is 9.94. The van der Waals surface area contributed by atoms with Crippen molar-refractivity contribution < 1.29 is 23.1 Å². The van der Waals surface area contributed by atoms with E-state index in [-0.39, 0.29) is 18.5 Å². The Balaban J connectivity index is 1.40. The zero-order valence-corrected chi connectivity index (χ0v) is 20.4. The van der Waals surface area contributed by atoms with Crippen molar-refractivity contribution in [1.82, 2.24) is 10.2 Å². The standard InChI is InChI=1S/C28H35F3N2O2/c1-26(2,35)27(25(34)32-19-20-7-6-10-23(17-20)28(29,30)31)14-11-24(18-27)33-15-12-22(13-16-33)21-8-4-3-5-9-21/h3-10,17,22,24,35H,11-16,18-19H2,1-2H3,(H,32,34)/t24?,27-/m1/s1.